The molecule has 0 nitrogen and oxygen atoms in total. The van der Waals surface area contributed by atoms with Gasteiger partial charge < -0.3 is 0 Å². The Hall–Kier alpha value is -1.51. The summed E-state index contributed by atoms with van der Waals surface area (Å²) < 4.78 is 39.3. The Balaban J connectivity index is 2.36. The molecular formula is C17H19F3. The van der Waals surface area contributed by atoms with Crippen LogP contribution in [0.2, 0.25) is 0 Å². The molecule has 20 heavy (non-hydrogen) atoms. The maximum absolute atomic E-state index is 13.1. The van der Waals surface area contributed by atoms with E-state index in [1.807, 2.05) is 18.2 Å². The molecule has 0 saturated carbocycles. The summed E-state index contributed by atoms with van der Waals surface area (Å²) in [5, 5.41) is 0. The van der Waals surface area contributed by atoms with E-state index in [0.29, 0.717) is 12.0 Å². The fraction of sp³-hybridized carbons (Fsp3) is 0.412. The third-order valence-corrected chi connectivity index (χ3v) is 3.71. The number of allylic oxidation sites excluding steroid dienone is 4. The minimum Gasteiger partial charge on any atom is -0.166 e. The molecule has 108 valence electrons. The summed E-state index contributed by atoms with van der Waals surface area (Å²) in [5.74, 6) is -0.202. The van der Waals surface area contributed by atoms with E-state index in [2.05, 4.69) is 20.8 Å². The molecule has 0 saturated heterocycles. The highest BCUT2D eigenvalue weighted by molar-refractivity contribution is 5.39. The van der Waals surface area contributed by atoms with E-state index in [9.17, 15) is 13.2 Å². The van der Waals surface area contributed by atoms with Crippen molar-refractivity contribution in [3.63, 3.8) is 0 Å². The maximum atomic E-state index is 13.1. The Bertz CT molecular complexity index is 542. The number of benzene rings is 1. The van der Waals surface area contributed by atoms with Crippen molar-refractivity contribution in [3.05, 3.63) is 59.2 Å². The number of alkyl halides is 3. The van der Waals surface area contributed by atoms with Crippen LogP contribution in [0.4, 0.5) is 13.2 Å². The van der Waals surface area contributed by atoms with E-state index in [-0.39, 0.29) is 11.3 Å². The smallest absolute Gasteiger partial charge is 0.166 e. The zero-order valence-electron chi connectivity index (χ0n) is 12.0. The number of hydrogen-bond donors (Lipinski definition) is 0. The van der Waals surface area contributed by atoms with Crippen molar-refractivity contribution in [2.75, 3.05) is 0 Å². The summed E-state index contributed by atoms with van der Waals surface area (Å²) in [4.78, 5) is 0. The van der Waals surface area contributed by atoms with Gasteiger partial charge in [0.1, 0.15) is 0 Å². The highest BCUT2D eigenvalue weighted by Gasteiger charge is 2.35. The summed E-state index contributed by atoms with van der Waals surface area (Å²) in [5.41, 5.74) is 1.01. The van der Waals surface area contributed by atoms with Crippen LogP contribution in [-0.2, 0) is 6.18 Å². The molecule has 3 heteroatoms. The molecule has 1 aromatic carbocycles. The third-order valence-electron chi connectivity index (χ3n) is 3.71. The van der Waals surface area contributed by atoms with Crippen LogP contribution in [0.15, 0.2) is 48.1 Å². The topological polar surface area (TPSA) is 0 Å². The Morgan fingerprint density at radius 3 is 2.30 bits per heavy atom. The molecule has 0 heterocycles. The van der Waals surface area contributed by atoms with Crippen LogP contribution in [0.25, 0.3) is 0 Å². The second kappa shape index (κ2) is 5.12. The monoisotopic (exact) mass is 280 g/mol. The van der Waals surface area contributed by atoms with E-state index in [4.69, 9.17) is 0 Å². The molecule has 1 aliphatic carbocycles. The average Bonchev–Trinajstić information content (AvgIpc) is 2.37. The zero-order chi connectivity index (χ0) is 15.0. The van der Waals surface area contributed by atoms with Crippen LogP contribution in [0.3, 0.4) is 0 Å². The van der Waals surface area contributed by atoms with Gasteiger partial charge in [0.05, 0.1) is 5.56 Å². The van der Waals surface area contributed by atoms with E-state index >= 15 is 0 Å². The van der Waals surface area contributed by atoms with E-state index < -0.39 is 11.7 Å². The molecule has 0 spiro atoms. The molecule has 0 bridgehead atoms. The number of halogens is 3. The van der Waals surface area contributed by atoms with Gasteiger partial charge >= 0.3 is 6.18 Å². The first-order valence-corrected chi connectivity index (χ1v) is 6.73. The second-order valence-corrected chi connectivity index (χ2v) is 6.22. The first kappa shape index (κ1) is 14.9. The van der Waals surface area contributed by atoms with Crippen molar-refractivity contribution in [2.24, 2.45) is 5.41 Å². The van der Waals surface area contributed by atoms with Crippen molar-refractivity contribution in [2.45, 2.75) is 39.3 Å². The summed E-state index contributed by atoms with van der Waals surface area (Å²) in [6.07, 6.45) is 2.11. The van der Waals surface area contributed by atoms with Crippen molar-refractivity contribution in [1.82, 2.24) is 0 Å². The first-order valence-electron chi connectivity index (χ1n) is 6.73. The Morgan fingerprint density at radius 1 is 1.05 bits per heavy atom. The Kier molecular flexibility index (Phi) is 3.81. The predicted octanol–water partition coefficient (Wildman–Crippen LogP) is 5.72. The van der Waals surface area contributed by atoms with Gasteiger partial charge in [0, 0.05) is 5.92 Å². The van der Waals surface area contributed by atoms with Crippen LogP contribution in [0, 0.1) is 5.41 Å². The molecule has 0 aromatic heterocycles. The van der Waals surface area contributed by atoms with Gasteiger partial charge in [-0.25, -0.2) is 0 Å². The lowest BCUT2D eigenvalue weighted by atomic mass is 9.76. The van der Waals surface area contributed by atoms with Gasteiger partial charge in [0.2, 0.25) is 0 Å². The maximum Gasteiger partial charge on any atom is 0.416 e. The lowest BCUT2D eigenvalue weighted by Gasteiger charge is -2.29. The predicted molar refractivity (Wildman–Crippen MR) is 75.5 cm³/mol. The summed E-state index contributed by atoms with van der Waals surface area (Å²) in [6.45, 7) is 6.26. The molecule has 0 aliphatic heterocycles. The minimum atomic E-state index is -4.30. The van der Waals surface area contributed by atoms with Crippen molar-refractivity contribution in [1.29, 1.82) is 0 Å². The number of hydrogen-bond acceptors (Lipinski definition) is 0. The van der Waals surface area contributed by atoms with Crippen LogP contribution >= 0.6 is 0 Å². The normalized spacial score (nSPS) is 19.9. The quantitative estimate of drug-likeness (QED) is 0.617. The van der Waals surface area contributed by atoms with E-state index in [1.165, 1.54) is 11.6 Å². The molecule has 2 rings (SSSR count). The molecule has 0 N–H and O–H groups in total. The molecule has 1 aliphatic rings. The third kappa shape index (κ3) is 3.14. The van der Waals surface area contributed by atoms with Crippen LogP contribution in [0.1, 0.15) is 44.2 Å². The molecule has 0 radical (unpaired) electrons. The molecule has 0 fully saturated rings. The summed E-state index contributed by atoms with van der Waals surface area (Å²) >= 11 is 0. The SMILES string of the molecule is CC(C)(C)C1=CC=CC(c2ccccc2C(F)(F)F)C1. The van der Waals surface area contributed by atoms with Crippen LogP contribution in [-0.4, -0.2) is 0 Å². The van der Waals surface area contributed by atoms with Gasteiger partial charge in [0.25, 0.3) is 0 Å². The molecular weight excluding hydrogens is 261 g/mol. The highest BCUT2D eigenvalue weighted by Crippen LogP contribution is 2.41. The van der Waals surface area contributed by atoms with Crippen LogP contribution < -0.4 is 0 Å². The first-order chi connectivity index (χ1) is 9.19. The largest absolute Gasteiger partial charge is 0.416 e. The second-order valence-electron chi connectivity index (χ2n) is 6.22. The van der Waals surface area contributed by atoms with Crippen LogP contribution in [0.5, 0.6) is 0 Å². The fourth-order valence-electron chi connectivity index (χ4n) is 2.53. The van der Waals surface area contributed by atoms with E-state index in [1.54, 1.807) is 12.1 Å². The minimum absolute atomic E-state index is 0.0177. The lowest BCUT2D eigenvalue weighted by Crippen LogP contribution is -2.17. The van der Waals surface area contributed by atoms with Crippen molar-refractivity contribution >= 4 is 0 Å². The van der Waals surface area contributed by atoms with Gasteiger partial charge in [-0.1, -0.05) is 62.8 Å². The van der Waals surface area contributed by atoms with Crippen molar-refractivity contribution < 1.29 is 13.2 Å². The average molecular weight is 280 g/mol. The fourth-order valence-corrected chi connectivity index (χ4v) is 2.53. The highest BCUT2D eigenvalue weighted by atomic mass is 19.4. The Morgan fingerprint density at radius 2 is 1.70 bits per heavy atom. The molecule has 0 amide bonds. The van der Waals surface area contributed by atoms with Gasteiger partial charge in [-0.15, -0.1) is 0 Å². The summed E-state index contributed by atoms with van der Waals surface area (Å²) in [7, 11) is 0. The number of rotatable bonds is 1. The van der Waals surface area contributed by atoms with Gasteiger partial charge in [-0.2, -0.15) is 13.2 Å². The molecule has 1 unspecified atom stereocenters. The summed E-state index contributed by atoms with van der Waals surface area (Å²) in [6, 6.07) is 5.87. The lowest BCUT2D eigenvalue weighted by molar-refractivity contribution is -0.138. The zero-order valence-corrected chi connectivity index (χ0v) is 12.0. The molecule has 1 aromatic rings. The Labute approximate surface area is 118 Å². The van der Waals surface area contributed by atoms with E-state index in [0.717, 1.165) is 6.07 Å². The van der Waals surface area contributed by atoms with Crippen molar-refractivity contribution in [3.8, 4) is 0 Å². The van der Waals surface area contributed by atoms with Gasteiger partial charge in [-0.05, 0) is 23.5 Å². The van der Waals surface area contributed by atoms with Gasteiger partial charge in [-0.3, -0.25) is 0 Å². The standard InChI is InChI=1S/C17H19F3/c1-16(2,3)13-8-6-7-12(11-13)14-9-4-5-10-15(14)17(18,19)20/h4-10,12H,11H2,1-3H3. The molecule has 1 atom stereocenters. The van der Waals surface area contributed by atoms with Gasteiger partial charge in [0.15, 0.2) is 0 Å².